The second-order valence-electron chi connectivity index (χ2n) is 4.63. The molecule has 2 heterocycles. The van der Waals surface area contributed by atoms with Crippen LogP contribution in [0.25, 0.3) is 0 Å². The minimum atomic E-state index is 0.583. The van der Waals surface area contributed by atoms with E-state index in [0.29, 0.717) is 6.04 Å². The highest BCUT2D eigenvalue weighted by molar-refractivity contribution is 5.49. The van der Waals surface area contributed by atoms with Gasteiger partial charge in [-0.25, -0.2) is 9.97 Å². The fourth-order valence-corrected chi connectivity index (χ4v) is 2.40. The molecule has 1 aromatic heterocycles. The number of nitrogens with one attached hydrogen (secondary N) is 1. The van der Waals surface area contributed by atoms with E-state index in [1.807, 2.05) is 6.07 Å². The molecule has 4 nitrogen and oxygen atoms in total. The van der Waals surface area contributed by atoms with E-state index in [9.17, 15) is 0 Å². The van der Waals surface area contributed by atoms with Gasteiger partial charge >= 0.3 is 0 Å². The molecule has 16 heavy (non-hydrogen) atoms. The van der Waals surface area contributed by atoms with Crippen LogP contribution in [0.5, 0.6) is 0 Å². The third-order valence-corrected chi connectivity index (χ3v) is 3.09. The van der Waals surface area contributed by atoms with Crippen molar-refractivity contribution in [2.45, 2.75) is 33.2 Å². The summed E-state index contributed by atoms with van der Waals surface area (Å²) in [6.45, 7) is 8.62. The monoisotopic (exact) mass is 220 g/mol. The van der Waals surface area contributed by atoms with Gasteiger partial charge in [-0.3, -0.25) is 0 Å². The molecule has 0 bridgehead atoms. The highest BCUT2D eigenvalue weighted by atomic mass is 15.2. The molecule has 2 atom stereocenters. The van der Waals surface area contributed by atoms with Gasteiger partial charge in [-0.05, 0) is 26.2 Å². The topological polar surface area (TPSA) is 41.0 Å². The van der Waals surface area contributed by atoms with Gasteiger partial charge in [0.15, 0.2) is 0 Å². The standard InChI is InChI=1S/C12H20N4/c1-4-13-11-6-12(15-8-14-11)16-7-9(2)5-10(16)3/h6,8-10H,4-5,7H2,1-3H3,(H,13,14,15). The van der Waals surface area contributed by atoms with E-state index in [-0.39, 0.29) is 0 Å². The van der Waals surface area contributed by atoms with Crippen molar-refractivity contribution in [1.29, 1.82) is 0 Å². The molecular formula is C12H20N4. The normalized spacial score (nSPS) is 24.8. The lowest BCUT2D eigenvalue weighted by Crippen LogP contribution is -2.27. The Kier molecular flexibility index (Phi) is 3.27. The number of anilines is 2. The Morgan fingerprint density at radius 1 is 1.44 bits per heavy atom. The van der Waals surface area contributed by atoms with Crippen LogP contribution in [0.15, 0.2) is 12.4 Å². The van der Waals surface area contributed by atoms with Crippen molar-refractivity contribution in [3.63, 3.8) is 0 Å². The van der Waals surface area contributed by atoms with E-state index >= 15 is 0 Å². The zero-order valence-corrected chi connectivity index (χ0v) is 10.3. The molecule has 88 valence electrons. The summed E-state index contributed by atoms with van der Waals surface area (Å²) >= 11 is 0. The third kappa shape index (κ3) is 2.26. The van der Waals surface area contributed by atoms with Crippen LogP contribution in [0, 0.1) is 5.92 Å². The quantitative estimate of drug-likeness (QED) is 0.847. The summed E-state index contributed by atoms with van der Waals surface area (Å²) in [5, 5.41) is 3.22. The summed E-state index contributed by atoms with van der Waals surface area (Å²) in [6, 6.07) is 2.62. The second-order valence-corrected chi connectivity index (χ2v) is 4.63. The third-order valence-electron chi connectivity index (χ3n) is 3.09. The Labute approximate surface area is 97.1 Å². The van der Waals surface area contributed by atoms with Crippen molar-refractivity contribution in [2.24, 2.45) is 5.92 Å². The molecule has 1 aliphatic rings. The maximum absolute atomic E-state index is 4.36. The zero-order chi connectivity index (χ0) is 11.5. The molecule has 2 unspecified atom stereocenters. The van der Waals surface area contributed by atoms with Crippen LogP contribution >= 0.6 is 0 Å². The van der Waals surface area contributed by atoms with Gasteiger partial charge in [-0.2, -0.15) is 0 Å². The molecule has 1 fully saturated rings. The first-order valence-corrected chi connectivity index (χ1v) is 6.03. The molecule has 0 aliphatic carbocycles. The summed E-state index contributed by atoms with van der Waals surface area (Å²) in [6.07, 6.45) is 2.89. The van der Waals surface area contributed by atoms with Gasteiger partial charge < -0.3 is 10.2 Å². The van der Waals surface area contributed by atoms with Crippen molar-refractivity contribution in [3.8, 4) is 0 Å². The fraction of sp³-hybridized carbons (Fsp3) is 0.667. The smallest absolute Gasteiger partial charge is 0.134 e. The predicted octanol–water partition coefficient (Wildman–Crippen LogP) is 2.14. The maximum atomic E-state index is 4.36. The molecule has 4 heteroatoms. The van der Waals surface area contributed by atoms with E-state index in [0.717, 1.165) is 30.6 Å². The molecule has 0 aromatic carbocycles. The molecule has 2 rings (SSSR count). The van der Waals surface area contributed by atoms with Crippen molar-refractivity contribution in [1.82, 2.24) is 9.97 Å². The molecule has 1 aromatic rings. The summed E-state index contributed by atoms with van der Waals surface area (Å²) < 4.78 is 0. The maximum Gasteiger partial charge on any atom is 0.134 e. The fourth-order valence-electron chi connectivity index (χ4n) is 2.40. The Hall–Kier alpha value is -1.32. The number of aromatic nitrogens is 2. The largest absolute Gasteiger partial charge is 0.370 e. The number of nitrogens with zero attached hydrogens (tertiary/aromatic N) is 3. The lowest BCUT2D eigenvalue weighted by atomic mass is 10.1. The van der Waals surface area contributed by atoms with Gasteiger partial charge in [0.25, 0.3) is 0 Å². The van der Waals surface area contributed by atoms with Crippen LogP contribution < -0.4 is 10.2 Å². The van der Waals surface area contributed by atoms with Gasteiger partial charge in [0.2, 0.25) is 0 Å². The van der Waals surface area contributed by atoms with Crippen molar-refractivity contribution < 1.29 is 0 Å². The van der Waals surface area contributed by atoms with Crippen LogP contribution in [0.4, 0.5) is 11.6 Å². The van der Waals surface area contributed by atoms with Gasteiger partial charge in [0, 0.05) is 25.2 Å². The van der Waals surface area contributed by atoms with Crippen LogP contribution in [-0.2, 0) is 0 Å². The van der Waals surface area contributed by atoms with Gasteiger partial charge in [0.1, 0.15) is 18.0 Å². The molecular weight excluding hydrogens is 200 g/mol. The van der Waals surface area contributed by atoms with Crippen molar-refractivity contribution in [2.75, 3.05) is 23.3 Å². The highest BCUT2D eigenvalue weighted by Gasteiger charge is 2.27. The molecule has 1 aliphatic heterocycles. The molecule has 0 amide bonds. The first-order valence-electron chi connectivity index (χ1n) is 6.03. The van der Waals surface area contributed by atoms with E-state index in [4.69, 9.17) is 0 Å². The summed E-state index contributed by atoms with van der Waals surface area (Å²) in [4.78, 5) is 10.9. The van der Waals surface area contributed by atoms with Crippen LogP contribution in [-0.4, -0.2) is 29.1 Å². The molecule has 1 saturated heterocycles. The number of hydrogen-bond donors (Lipinski definition) is 1. The molecule has 0 saturated carbocycles. The van der Waals surface area contributed by atoms with Crippen LogP contribution in [0.3, 0.4) is 0 Å². The SMILES string of the molecule is CCNc1cc(N2CC(C)CC2C)ncn1. The average molecular weight is 220 g/mol. The van der Waals surface area contributed by atoms with Crippen molar-refractivity contribution >= 4 is 11.6 Å². The van der Waals surface area contributed by atoms with Crippen LogP contribution in [0.2, 0.25) is 0 Å². The highest BCUT2D eigenvalue weighted by Crippen LogP contribution is 2.27. The number of hydrogen-bond acceptors (Lipinski definition) is 4. The minimum absolute atomic E-state index is 0.583. The minimum Gasteiger partial charge on any atom is -0.370 e. The van der Waals surface area contributed by atoms with E-state index < -0.39 is 0 Å². The van der Waals surface area contributed by atoms with Crippen LogP contribution in [0.1, 0.15) is 27.2 Å². The number of rotatable bonds is 3. The summed E-state index contributed by atoms with van der Waals surface area (Å²) in [7, 11) is 0. The Morgan fingerprint density at radius 3 is 2.88 bits per heavy atom. The summed E-state index contributed by atoms with van der Waals surface area (Å²) in [5.74, 6) is 2.72. The van der Waals surface area contributed by atoms with E-state index in [2.05, 4.69) is 41.0 Å². The lowest BCUT2D eigenvalue weighted by molar-refractivity contribution is 0.625. The lowest BCUT2D eigenvalue weighted by Gasteiger charge is -2.22. The first-order chi connectivity index (χ1) is 7.70. The first kappa shape index (κ1) is 11.2. The molecule has 0 spiro atoms. The average Bonchev–Trinajstić information content (AvgIpc) is 2.59. The molecule has 0 radical (unpaired) electrons. The van der Waals surface area contributed by atoms with E-state index in [1.165, 1.54) is 6.42 Å². The zero-order valence-electron chi connectivity index (χ0n) is 10.3. The predicted molar refractivity (Wildman–Crippen MR) is 66.8 cm³/mol. The Balaban J connectivity index is 2.16. The van der Waals surface area contributed by atoms with Gasteiger partial charge in [0.05, 0.1) is 0 Å². The Morgan fingerprint density at radius 2 is 2.25 bits per heavy atom. The summed E-state index contributed by atoms with van der Waals surface area (Å²) in [5.41, 5.74) is 0. The molecule has 1 N–H and O–H groups in total. The van der Waals surface area contributed by atoms with E-state index in [1.54, 1.807) is 6.33 Å². The Bertz CT molecular complexity index is 353. The van der Waals surface area contributed by atoms with Gasteiger partial charge in [-0.15, -0.1) is 0 Å². The second kappa shape index (κ2) is 4.68. The van der Waals surface area contributed by atoms with Gasteiger partial charge in [-0.1, -0.05) is 6.92 Å². The van der Waals surface area contributed by atoms with Crippen molar-refractivity contribution in [3.05, 3.63) is 12.4 Å².